The van der Waals surface area contributed by atoms with Gasteiger partial charge in [-0.05, 0) is 6.42 Å². The van der Waals surface area contributed by atoms with E-state index < -0.39 is 0 Å². The van der Waals surface area contributed by atoms with Crippen LogP contribution in [0.1, 0.15) is 12.6 Å². The number of carbonyl (C=O) groups excluding carboxylic acids is 1. The molecule has 0 aromatic carbocycles. The lowest BCUT2D eigenvalue weighted by Crippen LogP contribution is -1.95. The molecule has 4 nitrogen and oxygen atoms in total. The van der Waals surface area contributed by atoms with Gasteiger partial charge in [0.25, 0.3) is 0 Å². The van der Waals surface area contributed by atoms with Gasteiger partial charge in [-0.3, -0.25) is 4.68 Å². The molecule has 0 unspecified atom stereocenters. The lowest BCUT2D eigenvalue weighted by molar-refractivity contribution is 0.565. The first-order chi connectivity index (χ1) is 5.70. The minimum Gasteiger partial charge on any atom is -0.269 e. The highest BCUT2D eigenvalue weighted by Gasteiger charge is 2.11. The number of rotatable bonds is 2. The molecule has 0 saturated carbocycles. The fraction of sp³-hybridized carbons (Fsp3) is 0.429. The third-order valence-electron chi connectivity index (χ3n) is 1.57. The summed E-state index contributed by atoms with van der Waals surface area (Å²) in [5.74, 6) is 0.242. The highest BCUT2D eigenvalue weighted by Crippen LogP contribution is 2.26. The lowest BCUT2D eigenvalue weighted by Gasteiger charge is -1.94. The Kier molecular flexibility index (Phi) is 2.63. The zero-order valence-electron chi connectivity index (χ0n) is 6.83. The summed E-state index contributed by atoms with van der Waals surface area (Å²) in [6.45, 7) is 1.96. The Hall–Kier alpha value is -1.12. The van der Waals surface area contributed by atoms with E-state index in [9.17, 15) is 4.79 Å². The number of halogens is 1. The Morgan fingerprint density at radius 3 is 2.83 bits per heavy atom. The van der Waals surface area contributed by atoms with Crippen LogP contribution in [0.25, 0.3) is 0 Å². The van der Waals surface area contributed by atoms with E-state index in [1.807, 2.05) is 6.92 Å². The number of hydrogen-bond acceptors (Lipinski definition) is 3. The van der Waals surface area contributed by atoms with Gasteiger partial charge in [0.2, 0.25) is 11.9 Å². The predicted octanol–water partition coefficient (Wildman–Crippen LogP) is 1.60. The smallest absolute Gasteiger partial charge is 0.242 e. The van der Waals surface area contributed by atoms with Crippen molar-refractivity contribution in [1.82, 2.24) is 9.78 Å². The molecule has 1 aromatic heterocycles. The van der Waals surface area contributed by atoms with E-state index in [4.69, 9.17) is 11.6 Å². The van der Waals surface area contributed by atoms with Crippen LogP contribution in [0.3, 0.4) is 0 Å². The first-order valence-corrected chi connectivity index (χ1v) is 3.87. The Morgan fingerprint density at radius 2 is 2.42 bits per heavy atom. The number of isocyanates is 1. The van der Waals surface area contributed by atoms with Crippen LogP contribution in [0.5, 0.6) is 0 Å². The first kappa shape index (κ1) is 8.97. The number of hydrogen-bond donors (Lipinski definition) is 0. The normalized spacial score (nSPS) is 9.58. The molecule has 0 aliphatic rings. The molecule has 0 saturated heterocycles. The van der Waals surface area contributed by atoms with Crippen LogP contribution in [0, 0.1) is 0 Å². The summed E-state index contributed by atoms with van der Waals surface area (Å²) in [5.41, 5.74) is 0.866. The van der Waals surface area contributed by atoms with Crippen molar-refractivity contribution in [1.29, 1.82) is 0 Å². The van der Waals surface area contributed by atoms with Crippen molar-refractivity contribution in [2.75, 3.05) is 0 Å². The standard InChI is InChI=1S/C7H8ClN3O/c1-3-5-6(8)7(9-4-12)10-11(5)2/h3H2,1-2H3. The average molecular weight is 186 g/mol. The van der Waals surface area contributed by atoms with Gasteiger partial charge in [0.05, 0.1) is 5.69 Å². The minimum atomic E-state index is 0.242. The Morgan fingerprint density at radius 1 is 1.75 bits per heavy atom. The summed E-state index contributed by atoms with van der Waals surface area (Å²) in [6, 6.07) is 0. The minimum absolute atomic E-state index is 0.242. The van der Waals surface area contributed by atoms with Crippen molar-refractivity contribution in [2.45, 2.75) is 13.3 Å². The van der Waals surface area contributed by atoms with Gasteiger partial charge in [0.1, 0.15) is 5.02 Å². The van der Waals surface area contributed by atoms with Crippen LogP contribution >= 0.6 is 11.6 Å². The van der Waals surface area contributed by atoms with Crippen LogP contribution in [0.4, 0.5) is 5.82 Å². The van der Waals surface area contributed by atoms with Gasteiger partial charge in [-0.25, -0.2) is 4.79 Å². The average Bonchev–Trinajstić information content (AvgIpc) is 2.29. The van der Waals surface area contributed by atoms with Gasteiger partial charge < -0.3 is 0 Å². The van der Waals surface area contributed by atoms with E-state index in [-0.39, 0.29) is 5.82 Å². The molecule has 0 aliphatic carbocycles. The number of aliphatic imine (C=N–C) groups is 1. The second kappa shape index (κ2) is 3.52. The number of aromatic nitrogens is 2. The highest BCUT2D eigenvalue weighted by molar-refractivity contribution is 6.33. The summed E-state index contributed by atoms with van der Waals surface area (Å²) < 4.78 is 1.61. The predicted molar refractivity (Wildman–Crippen MR) is 45.4 cm³/mol. The summed E-state index contributed by atoms with van der Waals surface area (Å²) in [6.07, 6.45) is 2.16. The van der Waals surface area contributed by atoms with E-state index in [0.717, 1.165) is 12.1 Å². The molecular weight excluding hydrogens is 178 g/mol. The molecule has 1 rings (SSSR count). The second-order valence-electron chi connectivity index (χ2n) is 2.26. The van der Waals surface area contributed by atoms with Crippen molar-refractivity contribution >= 4 is 23.5 Å². The summed E-state index contributed by atoms with van der Waals surface area (Å²) in [7, 11) is 1.76. The summed E-state index contributed by atoms with van der Waals surface area (Å²) in [5, 5.41) is 4.36. The molecule has 0 atom stereocenters. The maximum atomic E-state index is 9.94. The second-order valence-corrected chi connectivity index (χ2v) is 2.64. The van der Waals surface area contributed by atoms with Gasteiger partial charge in [-0.1, -0.05) is 18.5 Å². The summed E-state index contributed by atoms with van der Waals surface area (Å²) >= 11 is 5.85. The van der Waals surface area contributed by atoms with Crippen molar-refractivity contribution in [2.24, 2.45) is 12.0 Å². The third kappa shape index (κ3) is 1.40. The van der Waals surface area contributed by atoms with E-state index >= 15 is 0 Å². The fourth-order valence-electron chi connectivity index (χ4n) is 1.02. The Bertz CT molecular complexity index is 339. The van der Waals surface area contributed by atoms with Crippen LogP contribution in [-0.2, 0) is 18.3 Å². The van der Waals surface area contributed by atoms with E-state index in [0.29, 0.717) is 5.02 Å². The quantitative estimate of drug-likeness (QED) is 0.519. The van der Waals surface area contributed by atoms with Crippen LogP contribution in [-0.4, -0.2) is 15.9 Å². The van der Waals surface area contributed by atoms with Crippen molar-refractivity contribution in [3.05, 3.63) is 10.7 Å². The topological polar surface area (TPSA) is 47.2 Å². The zero-order chi connectivity index (χ0) is 9.14. The largest absolute Gasteiger partial charge is 0.269 e. The van der Waals surface area contributed by atoms with Gasteiger partial charge in [0.15, 0.2) is 0 Å². The van der Waals surface area contributed by atoms with Crippen molar-refractivity contribution in [3.8, 4) is 0 Å². The lowest BCUT2D eigenvalue weighted by atomic mass is 10.3. The Labute approximate surface area is 74.9 Å². The maximum absolute atomic E-state index is 9.94. The molecule has 5 heteroatoms. The molecule has 0 aliphatic heterocycles. The fourth-order valence-corrected chi connectivity index (χ4v) is 1.35. The molecule has 0 amide bonds. The van der Waals surface area contributed by atoms with E-state index in [1.165, 1.54) is 6.08 Å². The highest BCUT2D eigenvalue weighted by atomic mass is 35.5. The third-order valence-corrected chi connectivity index (χ3v) is 1.96. The molecule has 64 valence electrons. The zero-order valence-corrected chi connectivity index (χ0v) is 7.59. The molecule has 0 spiro atoms. The van der Waals surface area contributed by atoms with Gasteiger partial charge in [-0.15, -0.1) is 4.99 Å². The van der Waals surface area contributed by atoms with Crippen molar-refractivity contribution < 1.29 is 4.79 Å². The maximum Gasteiger partial charge on any atom is 0.242 e. The van der Waals surface area contributed by atoms with E-state index in [2.05, 4.69) is 10.1 Å². The SMILES string of the molecule is CCc1c(Cl)c(N=C=O)nn1C. The van der Waals surface area contributed by atoms with Crippen molar-refractivity contribution in [3.63, 3.8) is 0 Å². The molecule has 0 bridgehead atoms. The van der Waals surface area contributed by atoms with Crippen LogP contribution in [0.2, 0.25) is 5.02 Å². The molecular formula is C7H8ClN3O. The van der Waals surface area contributed by atoms with Crippen LogP contribution < -0.4 is 0 Å². The van der Waals surface area contributed by atoms with E-state index in [1.54, 1.807) is 11.7 Å². The Balaban J connectivity index is 3.25. The number of aryl methyl sites for hydroxylation is 1. The van der Waals surface area contributed by atoms with Gasteiger partial charge in [0, 0.05) is 7.05 Å². The monoisotopic (exact) mass is 185 g/mol. The molecule has 0 radical (unpaired) electrons. The van der Waals surface area contributed by atoms with Gasteiger partial charge >= 0.3 is 0 Å². The molecule has 1 aromatic rings. The molecule has 1 heterocycles. The molecule has 12 heavy (non-hydrogen) atoms. The number of nitrogens with zero attached hydrogens (tertiary/aromatic N) is 3. The van der Waals surface area contributed by atoms with Gasteiger partial charge in [-0.2, -0.15) is 5.10 Å². The molecule has 0 fully saturated rings. The van der Waals surface area contributed by atoms with Crippen LogP contribution in [0.15, 0.2) is 4.99 Å². The first-order valence-electron chi connectivity index (χ1n) is 3.50. The molecule has 0 N–H and O–H groups in total. The summed E-state index contributed by atoms with van der Waals surface area (Å²) in [4.78, 5) is 13.3.